The molecular formula is C20H18N4O3. The van der Waals surface area contributed by atoms with Crippen molar-refractivity contribution in [2.24, 2.45) is 0 Å². The third kappa shape index (κ3) is 4.88. The van der Waals surface area contributed by atoms with Crippen molar-refractivity contribution < 1.29 is 14.3 Å². The van der Waals surface area contributed by atoms with Crippen LogP contribution in [0.25, 0.3) is 0 Å². The van der Waals surface area contributed by atoms with Crippen LogP contribution in [0.5, 0.6) is 0 Å². The van der Waals surface area contributed by atoms with Crippen molar-refractivity contribution in [3.05, 3.63) is 83.8 Å². The molecule has 0 saturated heterocycles. The average Bonchev–Trinajstić information content (AvgIpc) is 2.73. The van der Waals surface area contributed by atoms with Gasteiger partial charge in [-0.3, -0.25) is 9.78 Å². The number of methoxy groups -OCH3 is 1. The highest BCUT2D eigenvalue weighted by atomic mass is 16.5. The summed E-state index contributed by atoms with van der Waals surface area (Å²) in [6.07, 6.45) is 5.05. The maximum absolute atomic E-state index is 12.4. The molecule has 1 aromatic carbocycles. The van der Waals surface area contributed by atoms with Crippen LogP contribution in [0.3, 0.4) is 0 Å². The molecule has 0 fully saturated rings. The molecule has 0 bridgehead atoms. The van der Waals surface area contributed by atoms with Gasteiger partial charge in [-0.15, -0.1) is 0 Å². The number of nitrogens with one attached hydrogen (secondary N) is 2. The summed E-state index contributed by atoms with van der Waals surface area (Å²) < 4.78 is 4.65. The van der Waals surface area contributed by atoms with Gasteiger partial charge in [0.25, 0.3) is 5.91 Å². The second-order valence-corrected chi connectivity index (χ2v) is 5.67. The molecule has 1 amide bonds. The quantitative estimate of drug-likeness (QED) is 0.655. The number of carbonyl (C=O) groups is 2. The van der Waals surface area contributed by atoms with E-state index in [-0.39, 0.29) is 5.91 Å². The van der Waals surface area contributed by atoms with E-state index in [0.717, 1.165) is 5.56 Å². The number of amides is 1. The number of rotatable bonds is 6. The van der Waals surface area contributed by atoms with Crippen molar-refractivity contribution in [1.29, 1.82) is 0 Å². The number of benzene rings is 1. The van der Waals surface area contributed by atoms with Crippen molar-refractivity contribution in [1.82, 2.24) is 9.97 Å². The van der Waals surface area contributed by atoms with Crippen LogP contribution in [-0.4, -0.2) is 29.0 Å². The minimum Gasteiger partial charge on any atom is -0.465 e. The Morgan fingerprint density at radius 3 is 2.56 bits per heavy atom. The van der Waals surface area contributed by atoms with E-state index in [9.17, 15) is 9.59 Å². The Labute approximate surface area is 156 Å². The maximum atomic E-state index is 12.4. The molecule has 0 spiro atoms. The Hall–Kier alpha value is -3.74. The van der Waals surface area contributed by atoms with Crippen LogP contribution < -0.4 is 10.6 Å². The number of hydrogen-bond acceptors (Lipinski definition) is 6. The first kappa shape index (κ1) is 18.1. The highest BCUT2D eigenvalue weighted by Gasteiger charge is 2.09. The van der Waals surface area contributed by atoms with Crippen LogP contribution in [0, 0.1) is 0 Å². The summed E-state index contributed by atoms with van der Waals surface area (Å²) in [6, 6.07) is 13.6. The van der Waals surface area contributed by atoms with E-state index in [4.69, 9.17) is 0 Å². The fourth-order valence-corrected chi connectivity index (χ4v) is 2.37. The van der Waals surface area contributed by atoms with E-state index in [2.05, 4.69) is 25.3 Å². The van der Waals surface area contributed by atoms with E-state index in [1.807, 2.05) is 12.1 Å². The predicted octanol–water partition coefficient (Wildman–Crippen LogP) is 3.13. The van der Waals surface area contributed by atoms with Gasteiger partial charge in [0.15, 0.2) is 0 Å². The van der Waals surface area contributed by atoms with E-state index in [1.54, 1.807) is 55.0 Å². The lowest BCUT2D eigenvalue weighted by Crippen LogP contribution is -2.13. The standard InChI is InChI=1S/C20H18N4O3/c1-27-20(26)15-4-6-17(7-5-15)24-19(25)16-8-10-22-18(11-16)23-13-14-3-2-9-21-12-14/h2-12H,13H2,1H3,(H,22,23)(H,24,25). The first-order valence-corrected chi connectivity index (χ1v) is 8.24. The SMILES string of the molecule is COC(=O)c1ccc(NC(=O)c2ccnc(NCc3cccnc3)c2)cc1. The zero-order valence-corrected chi connectivity index (χ0v) is 14.7. The molecule has 0 unspecified atom stereocenters. The van der Waals surface area contributed by atoms with E-state index < -0.39 is 5.97 Å². The Bertz CT molecular complexity index is 927. The summed E-state index contributed by atoms with van der Waals surface area (Å²) in [7, 11) is 1.32. The number of hydrogen-bond donors (Lipinski definition) is 2. The van der Waals surface area contributed by atoms with E-state index in [0.29, 0.717) is 29.2 Å². The van der Waals surface area contributed by atoms with Gasteiger partial charge in [0.1, 0.15) is 5.82 Å². The molecule has 7 heteroatoms. The highest BCUT2D eigenvalue weighted by molar-refractivity contribution is 6.04. The van der Waals surface area contributed by atoms with Crippen molar-refractivity contribution in [2.45, 2.75) is 6.54 Å². The highest BCUT2D eigenvalue weighted by Crippen LogP contribution is 2.14. The minimum atomic E-state index is -0.425. The lowest BCUT2D eigenvalue weighted by molar-refractivity contribution is 0.0600. The second-order valence-electron chi connectivity index (χ2n) is 5.67. The molecule has 3 rings (SSSR count). The average molecular weight is 362 g/mol. The van der Waals surface area contributed by atoms with Gasteiger partial charge in [-0.1, -0.05) is 6.07 Å². The van der Waals surface area contributed by atoms with Crippen molar-refractivity contribution in [3.8, 4) is 0 Å². The van der Waals surface area contributed by atoms with Gasteiger partial charge in [-0.2, -0.15) is 0 Å². The Balaban J connectivity index is 1.63. The molecule has 27 heavy (non-hydrogen) atoms. The molecule has 2 heterocycles. The Kier molecular flexibility index (Phi) is 5.73. The third-order valence-corrected chi connectivity index (χ3v) is 3.78. The number of esters is 1. The fraction of sp³-hybridized carbons (Fsp3) is 0.100. The van der Waals surface area contributed by atoms with Gasteiger partial charge in [-0.05, 0) is 48.0 Å². The number of nitrogens with zero attached hydrogens (tertiary/aromatic N) is 2. The van der Waals surface area contributed by atoms with Gasteiger partial charge in [0.05, 0.1) is 12.7 Å². The number of ether oxygens (including phenoxy) is 1. The zero-order chi connectivity index (χ0) is 19.1. The lowest BCUT2D eigenvalue weighted by atomic mass is 10.2. The molecule has 0 aliphatic carbocycles. The lowest BCUT2D eigenvalue weighted by Gasteiger charge is -2.09. The monoisotopic (exact) mass is 362 g/mol. The smallest absolute Gasteiger partial charge is 0.337 e. The second kappa shape index (κ2) is 8.57. The van der Waals surface area contributed by atoms with Gasteiger partial charge in [-0.25, -0.2) is 9.78 Å². The molecule has 0 radical (unpaired) electrons. The molecule has 136 valence electrons. The number of pyridine rings is 2. The summed E-state index contributed by atoms with van der Waals surface area (Å²) in [4.78, 5) is 32.2. The Morgan fingerprint density at radius 2 is 1.85 bits per heavy atom. The van der Waals surface area contributed by atoms with Gasteiger partial charge < -0.3 is 15.4 Å². The molecule has 3 aromatic rings. The van der Waals surface area contributed by atoms with Crippen LogP contribution in [0.1, 0.15) is 26.3 Å². The van der Waals surface area contributed by atoms with Crippen LogP contribution >= 0.6 is 0 Å². The summed E-state index contributed by atoms with van der Waals surface area (Å²) >= 11 is 0. The van der Waals surface area contributed by atoms with Crippen LogP contribution in [0.4, 0.5) is 11.5 Å². The number of anilines is 2. The van der Waals surface area contributed by atoms with Gasteiger partial charge >= 0.3 is 5.97 Å². The molecule has 0 aliphatic heterocycles. The van der Waals surface area contributed by atoms with Gasteiger partial charge in [0.2, 0.25) is 0 Å². The predicted molar refractivity (Wildman–Crippen MR) is 102 cm³/mol. The molecular weight excluding hydrogens is 344 g/mol. The minimum absolute atomic E-state index is 0.271. The van der Waals surface area contributed by atoms with Crippen LogP contribution in [-0.2, 0) is 11.3 Å². The summed E-state index contributed by atoms with van der Waals surface area (Å²) in [5.74, 6) is -0.105. The summed E-state index contributed by atoms with van der Waals surface area (Å²) in [5.41, 5.74) is 2.48. The summed E-state index contributed by atoms with van der Waals surface area (Å²) in [6.45, 7) is 0.556. The topological polar surface area (TPSA) is 93.2 Å². The number of carbonyl (C=O) groups excluding carboxylic acids is 2. The molecule has 7 nitrogen and oxygen atoms in total. The Morgan fingerprint density at radius 1 is 1.04 bits per heavy atom. The number of aromatic nitrogens is 2. The normalized spacial score (nSPS) is 10.1. The maximum Gasteiger partial charge on any atom is 0.337 e. The molecule has 0 atom stereocenters. The van der Waals surface area contributed by atoms with Crippen molar-refractivity contribution in [2.75, 3.05) is 17.7 Å². The summed E-state index contributed by atoms with van der Waals surface area (Å²) in [5, 5.41) is 5.95. The van der Waals surface area contributed by atoms with Crippen LogP contribution in [0.15, 0.2) is 67.1 Å². The fourth-order valence-electron chi connectivity index (χ4n) is 2.37. The molecule has 2 N–H and O–H groups in total. The largest absolute Gasteiger partial charge is 0.465 e. The molecule has 2 aromatic heterocycles. The molecule has 0 aliphatic rings. The zero-order valence-electron chi connectivity index (χ0n) is 14.7. The van der Waals surface area contributed by atoms with Crippen LogP contribution in [0.2, 0.25) is 0 Å². The third-order valence-electron chi connectivity index (χ3n) is 3.78. The first-order chi connectivity index (χ1) is 13.2. The van der Waals surface area contributed by atoms with E-state index >= 15 is 0 Å². The van der Waals surface area contributed by atoms with E-state index in [1.165, 1.54) is 7.11 Å². The first-order valence-electron chi connectivity index (χ1n) is 8.24. The van der Waals surface area contributed by atoms with Crippen molar-refractivity contribution in [3.63, 3.8) is 0 Å². The van der Waals surface area contributed by atoms with Gasteiger partial charge in [0, 0.05) is 36.4 Å². The molecule has 0 saturated carbocycles. The van der Waals surface area contributed by atoms with Crippen molar-refractivity contribution >= 4 is 23.4 Å².